The summed E-state index contributed by atoms with van der Waals surface area (Å²) in [5.74, 6) is 1.41. The number of nitrogens with zero attached hydrogens (tertiary/aromatic N) is 2. The Morgan fingerprint density at radius 3 is 2.44 bits per heavy atom. The lowest BCUT2D eigenvalue weighted by atomic mass is 9.99. The van der Waals surface area contributed by atoms with Gasteiger partial charge in [0, 0.05) is 21.8 Å². The molecule has 1 aromatic heterocycles. The molecule has 194 valence electrons. The molecule has 1 aliphatic heterocycles. The molecular weight excluding hydrogens is 508 g/mol. The predicted molar refractivity (Wildman–Crippen MR) is 154 cm³/mol. The van der Waals surface area contributed by atoms with Crippen molar-refractivity contribution in [2.45, 2.75) is 19.1 Å². The van der Waals surface area contributed by atoms with E-state index < -0.39 is 0 Å². The van der Waals surface area contributed by atoms with Crippen LogP contribution in [0.4, 0.5) is 5.69 Å². The molecule has 0 saturated carbocycles. The molecule has 5 aromatic rings. The fraction of sp³-hybridized carbons (Fsp3) is 0.125. The summed E-state index contributed by atoms with van der Waals surface area (Å²) in [5, 5.41) is 7.53. The highest BCUT2D eigenvalue weighted by atomic mass is 35.5. The number of halogens is 1. The van der Waals surface area contributed by atoms with Crippen LogP contribution in [0.1, 0.15) is 39.0 Å². The first-order valence-corrected chi connectivity index (χ1v) is 13.2. The Morgan fingerprint density at radius 2 is 1.69 bits per heavy atom. The number of hydrogen-bond acceptors (Lipinski definition) is 4. The van der Waals surface area contributed by atoms with E-state index in [1.165, 1.54) is 0 Å². The minimum atomic E-state index is -0.200. The minimum Gasteiger partial charge on any atom is -0.497 e. The molecule has 0 spiro atoms. The van der Waals surface area contributed by atoms with Crippen LogP contribution in [-0.4, -0.2) is 22.6 Å². The molecule has 1 aliphatic rings. The lowest BCUT2D eigenvalue weighted by Gasteiger charge is -2.21. The van der Waals surface area contributed by atoms with Gasteiger partial charge in [-0.1, -0.05) is 60.1 Å². The molecule has 1 unspecified atom stereocenters. The van der Waals surface area contributed by atoms with Crippen LogP contribution in [0.25, 0.3) is 11.3 Å². The average Bonchev–Trinajstić information content (AvgIpc) is 3.24. The van der Waals surface area contributed by atoms with E-state index in [2.05, 4.69) is 27.3 Å². The number of carbonyl (C=O) groups excluding carboxylic acids is 1. The summed E-state index contributed by atoms with van der Waals surface area (Å²) >= 11 is 6.26. The fourth-order valence-corrected chi connectivity index (χ4v) is 5.15. The zero-order valence-corrected chi connectivity index (χ0v) is 22.2. The number of fused-ring (bicyclic) bond motifs is 2. The van der Waals surface area contributed by atoms with Gasteiger partial charge in [0.2, 0.25) is 0 Å². The number of imidazole rings is 1. The van der Waals surface area contributed by atoms with Crippen molar-refractivity contribution in [3.05, 3.63) is 136 Å². The number of hydrogen-bond donors (Lipinski definition) is 2. The van der Waals surface area contributed by atoms with Crippen LogP contribution in [0, 0.1) is 0 Å². The summed E-state index contributed by atoms with van der Waals surface area (Å²) < 4.78 is 7.62. The van der Waals surface area contributed by atoms with Crippen LogP contribution in [0.3, 0.4) is 0 Å². The van der Waals surface area contributed by atoms with Gasteiger partial charge in [0.05, 0.1) is 37.6 Å². The molecule has 0 fully saturated rings. The minimum absolute atomic E-state index is 0.139. The van der Waals surface area contributed by atoms with Gasteiger partial charge in [0.1, 0.15) is 11.6 Å². The van der Waals surface area contributed by atoms with Crippen molar-refractivity contribution in [2.24, 2.45) is 0 Å². The van der Waals surface area contributed by atoms with Crippen molar-refractivity contribution in [2.75, 3.05) is 12.4 Å². The van der Waals surface area contributed by atoms with Gasteiger partial charge >= 0.3 is 0 Å². The molecule has 0 bridgehead atoms. The van der Waals surface area contributed by atoms with Crippen molar-refractivity contribution in [3.63, 3.8) is 0 Å². The highest BCUT2D eigenvalue weighted by Crippen LogP contribution is 2.39. The Balaban J connectivity index is 1.49. The Labute approximate surface area is 232 Å². The van der Waals surface area contributed by atoms with E-state index in [-0.39, 0.29) is 18.5 Å². The van der Waals surface area contributed by atoms with Crippen LogP contribution in [0.5, 0.6) is 5.75 Å². The van der Waals surface area contributed by atoms with Crippen LogP contribution >= 0.6 is 11.6 Å². The van der Waals surface area contributed by atoms with Gasteiger partial charge in [-0.25, -0.2) is 4.98 Å². The van der Waals surface area contributed by atoms with Gasteiger partial charge in [-0.05, 0) is 65.7 Å². The number of aromatic nitrogens is 2. The lowest BCUT2D eigenvalue weighted by Crippen LogP contribution is -2.25. The summed E-state index contributed by atoms with van der Waals surface area (Å²) in [4.78, 5) is 18.1. The molecule has 2 heterocycles. The molecule has 0 saturated heterocycles. The molecule has 0 radical (unpaired) electrons. The second-order valence-electron chi connectivity index (χ2n) is 9.41. The van der Waals surface area contributed by atoms with E-state index in [1.807, 2.05) is 78.9 Å². The maximum Gasteiger partial charge on any atom is 0.251 e. The molecule has 39 heavy (non-hydrogen) atoms. The highest BCUT2D eigenvalue weighted by molar-refractivity contribution is 6.30. The largest absolute Gasteiger partial charge is 0.497 e. The van der Waals surface area contributed by atoms with Gasteiger partial charge in [-0.15, -0.1) is 0 Å². The van der Waals surface area contributed by atoms with E-state index in [9.17, 15) is 4.79 Å². The summed E-state index contributed by atoms with van der Waals surface area (Å²) in [6, 6.07) is 33.1. The fourth-order valence-electron chi connectivity index (χ4n) is 5.02. The number of anilines is 1. The molecule has 1 atom stereocenters. The maximum atomic E-state index is 12.9. The van der Waals surface area contributed by atoms with E-state index in [0.29, 0.717) is 17.1 Å². The number of para-hydroxylation sites is 1. The van der Waals surface area contributed by atoms with Gasteiger partial charge in [-0.2, -0.15) is 0 Å². The Kier molecular flexibility index (Phi) is 6.78. The van der Waals surface area contributed by atoms with Crippen LogP contribution in [0.2, 0.25) is 5.02 Å². The van der Waals surface area contributed by atoms with Crippen molar-refractivity contribution < 1.29 is 9.53 Å². The second-order valence-corrected chi connectivity index (χ2v) is 9.85. The summed E-state index contributed by atoms with van der Waals surface area (Å²) in [6.07, 6.45) is 0. The van der Waals surface area contributed by atoms with Gasteiger partial charge in [0.15, 0.2) is 0 Å². The predicted octanol–water partition coefficient (Wildman–Crippen LogP) is 6.71. The molecule has 7 heteroatoms. The molecule has 4 aromatic carbocycles. The molecular formula is C32H27ClN4O2. The standard InChI is InChI=1S/C32H27ClN4O2/c1-39-26-17-13-22(14-18-26)30-31-29(21-11-15-25(33)16-12-21)35-27-10-6-5-9-24(27)20-37(31)28(36-30)19-34-32(38)23-7-3-2-4-8-23/h2-18,29,35H,19-20H2,1H3,(H,34,38). The molecule has 6 nitrogen and oxygen atoms in total. The Hall–Kier alpha value is -4.55. The average molecular weight is 535 g/mol. The van der Waals surface area contributed by atoms with Crippen molar-refractivity contribution in [3.8, 4) is 17.0 Å². The molecule has 1 amide bonds. The van der Waals surface area contributed by atoms with Crippen molar-refractivity contribution >= 4 is 23.2 Å². The summed E-state index contributed by atoms with van der Waals surface area (Å²) in [6.45, 7) is 0.897. The van der Waals surface area contributed by atoms with Gasteiger partial charge < -0.3 is 19.9 Å². The first kappa shape index (κ1) is 24.8. The van der Waals surface area contributed by atoms with E-state index in [4.69, 9.17) is 21.3 Å². The zero-order valence-electron chi connectivity index (χ0n) is 21.4. The van der Waals surface area contributed by atoms with Crippen LogP contribution < -0.4 is 15.4 Å². The lowest BCUT2D eigenvalue weighted by molar-refractivity contribution is 0.0949. The normalized spacial score (nSPS) is 13.9. The number of rotatable bonds is 6. The third-order valence-electron chi connectivity index (χ3n) is 7.01. The van der Waals surface area contributed by atoms with Crippen molar-refractivity contribution in [1.82, 2.24) is 14.9 Å². The first-order valence-electron chi connectivity index (χ1n) is 12.8. The molecule has 6 rings (SSSR count). The topological polar surface area (TPSA) is 68.2 Å². The number of carbonyl (C=O) groups is 1. The van der Waals surface area contributed by atoms with E-state index in [1.54, 1.807) is 19.2 Å². The van der Waals surface area contributed by atoms with Crippen LogP contribution in [0.15, 0.2) is 103 Å². The quantitative estimate of drug-likeness (QED) is 0.254. The maximum absolute atomic E-state index is 12.9. The van der Waals surface area contributed by atoms with E-state index >= 15 is 0 Å². The number of amides is 1. The molecule has 2 N–H and O–H groups in total. The summed E-state index contributed by atoms with van der Waals surface area (Å²) in [7, 11) is 1.66. The number of ether oxygens (including phenoxy) is 1. The molecule has 0 aliphatic carbocycles. The Bertz CT molecular complexity index is 1610. The van der Waals surface area contributed by atoms with E-state index in [0.717, 1.165) is 45.3 Å². The third-order valence-corrected chi connectivity index (χ3v) is 7.27. The third kappa shape index (κ3) is 4.99. The van der Waals surface area contributed by atoms with Crippen molar-refractivity contribution in [1.29, 1.82) is 0 Å². The highest BCUT2D eigenvalue weighted by Gasteiger charge is 2.30. The SMILES string of the molecule is COc1ccc(-c2nc(CNC(=O)c3ccccc3)n3c2C(c2ccc(Cl)cc2)Nc2ccccc2C3)cc1. The number of benzene rings is 4. The monoisotopic (exact) mass is 534 g/mol. The number of nitrogens with one attached hydrogen (secondary N) is 2. The summed E-state index contributed by atoms with van der Waals surface area (Å²) in [5.41, 5.74) is 6.70. The first-order chi connectivity index (χ1) is 19.1. The zero-order chi connectivity index (χ0) is 26.8. The smallest absolute Gasteiger partial charge is 0.251 e. The number of methoxy groups -OCH3 is 1. The van der Waals surface area contributed by atoms with Gasteiger partial charge in [0.25, 0.3) is 5.91 Å². The van der Waals surface area contributed by atoms with Crippen LogP contribution in [-0.2, 0) is 13.1 Å². The Morgan fingerprint density at radius 1 is 0.974 bits per heavy atom. The second kappa shape index (κ2) is 10.7. The van der Waals surface area contributed by atoms with Gasteiger partial charge in [-0.3, -0.25) is 4.79 Å².